The zero-order valence-electron chi connectivity index (χ0n) is 8.88. The van der Waals surface area contributed by atoms with Gasteiger partial charge in [-0.25, -0.2) is 0 Å². The van der Waals surface area contributed by atoms with E-state index in [1.54, 1.807) is 14.2 Å². The highest BCUT2D eigenvalue weighted by atomic mass is 16.7. The molecule has 1 saturated carbocycles. The molecule has 3 heteroatoms. The minimum Gasteiger partial charge on any atom is -0.355 e. The highest BCUT2D eigenvalue weighted by Gasteiger charge is 2.29. The summed E-state index contributed by atoms with van der Waals surface area (Å²) < 4.78 is 10.2. The lowest BCUT2D eigenvalue weighted by molar-refractivity contribution is -0.100. The quantitative estimate of drug-likeness (QED) is 0.611. The second-order valence-electron chi connectivity index (χ2n) is 3.66. The van der Waals surface area contributed by atoms with E-state index in [1.807, 2.05) is 0 Å². The third-order valence-electron chi connectivity index (χ3n) is 2.70. The molecule has 0 spiro atoms. The number of hydrogen-bond acceptors (Lipinski definition) is 3. The Bertz CT molecular complexity index is 133. The maximum atomic E-state index is 5.11. The Morgan fingerprint density at radius 1 is 1.31 bits per heavy atom. The summed E-state index contributed by atoms with van der Waals surface area (Å²) in [6.07, 6.45) is 3.87. The van der Waals surface area contributed by atoms with Gasteiger partial charge in [0.25, 0.3) is 0 Å². The number of ether oxygens (including phenoxy) is 2. The normalized spacial score (nSPS) is 19.4. The van der Waals surface area contributed by atoms with E-state index in [0.29, 0.717) is 6.04 Å². The summed E-state index contributed by atoms with van der Waals surface area (Å²) in [6.45, 7) is 3.02. The summed E-state index contributed by atoms with van der Waals surface area (Å²) in [5.41, 5.74) is 0. The molecule has 0 radical (unpaired) electrons. The van der Waals surface area contributed by atoms with Crippen molar-refractivity contribution in [3.8, 4) is 0 Å². The van der Waals surface area contributed by atoms with E-state index >= 15 is 0 Å². The molecule has 1 aliphatic carbocycles. The molecule has 0 bridgehead atoms. The molecule has 3 nitrogen and oxygen atoms in total. The van der Waals surface area contributed by atoms with Crippen molar-refractivity contribution in [2.24, 2.45) is 5.92 Å². The fraction of sp³-hybridized carbons (Fsp3) is 1.00. The molecule has 1 unspecified atom stereocenters. The predicted octanol–water partition coefficient (Wildman–Crippen LogP) is 1.38. The fourth-order valence-electron chi connectivity index (χ4n) is 1.65. The largest absolute Gasteiger partial charge is 0.355 e. The van der Waals surface area contributed by atoms with Crippen LogP contribution in [0.1, 0.15) is 26.2 Å². The Morgan fingerprint density at radius 2 is 1.92 bits per heavy atom. The zero-order chi connectivity index (χ0) is 9.68. The van der Waals surface area contributed by atoms with Gasteiger partial charge in [-0.05, 0) is 25.2 Å². The van der Waals surface area contributed by atoms with Gasteiger partial charge in [0.15, 0.2) is 6.29 Å². The lowest BCUT2D eigenvalue weighted by Gasteiger charge is -2.20. The average Bonchev–Trinajstić information content (AvgIpc) is 2.96. The number of rotatable bonds is 7. The van der Waals surface area contributed by atoms with Gasteiger partial charge in [0.2, 0.25) is 0 Å². The highest BCUT2D eigenvalue weighted by Crippen LogP contribution is 2.33. The van der Waals surface area contributed by atoms with E-state index in [9.17, 15) is 0 Å². The van der Waals surface area contributed by atoms with Crippen LogP contribution in [-0.2, 0) is 9.47 Å². The van der Waals surface area contributed by atoms with E-state index in [0.717, 1.165) is 12.5 Å². The molecule has 0 aromatic rings. The first kappa shape index (κ1) is 11.0. The molecule has 13 heavy (non-hydrogen) atoms. The van der Waals surface area contributed by atoms with Crippen LogP contribution in [0.15, 0.2) is 0 Å². The summed E-state index contributed by atoms with van der Waals surface area (Å²) in [4.78, 5) is 0. The van der Waals surface area contributed by atoms with Gasteiger partial charge in [0, 0.05) is 26.8 Å². The monoisotopic (exact) mass is 187 g/mol. The van der Waals surface area contributed by atoms with Crippen LogP contribution >= 0.6 is 0 Å². The summed E-state index contributed by atoms with van der Waals surface area (Å²) in [5.74, 6) is 0.902. The first-order chi connectivity index (χ1) is 6.31. The maximum Gasteiger partial charge on any atom is 0.169 e. The van der Waals surface area contributed by atoms with E-state index in [4.69, 9.17) is 9.47 Å². The van der Waals surface area contributed by atoms with Crippen molar-refractivity contribution in [3.05, 3.63) is 0 Å². The molecule has 0 heterocycles. The lowest BCUT2D eigenvalue weighted by atomic mass is 10.1. The van der Waals surface area contributed by atoms with Crippen LogP contribution in [0, 0.1) is 5.92 Å². The van der Waals surface area contributed by atoms with Gasteiger partial charge in [-0.2, -0.15) is 0 Å². The zero-order valence-corrected chi connectivity index (χ0v) is 8.88. The summed E-state index contributed by atoms with van der Waals surface area (Å²) in [6, 6.07) is 0.660. The van der Waals surface area contributed by atoms with E-state index in [2.05, 4.69) is 12.2 Å². The molecule has 1 fully saturated rings. The Labute approximate surface area is 80.8 Å². The Kier molecular flexibility index (Phi) is 4.70. The van der Waals surface area contributed by atoms with E-state index in [1.165, 1.54) is 19.3 Å². The lowest BCUT2D eigenvalue weighted by Crippen LogP contribution is -2.38. The molecular formula is C10H21NO2. The van der Waals surface area contributed by atoms with Crippen molar-refractivity contribution in [1.29, 1.82) is 0 Å². The van der Waals surface area contributed by atoms with Crippen molar-refractivity contribution in [2.45, 2.75) is 38.5 Å². The molecule has 1 aliphatic rings. The van der Waals surface area contributed by atoms with Gasteiger partial charge in [-0.3, -0.25) is 0 Å². The van der Waals surface area contributed by atoms with Gasteiger partial charge in [-0.1, -0.05) is 6.92 Å². The number of nitrogens with one attached hydrogen (secondary N) is 1. The van der Waals surface area contributed by atoms with Crippen LogP contribution in [0.3, 0.4) is 0 Å². The van der Waals surface area contributed by atoms with Crippen molar-refractivity contribution in [1.82, 2.24) is 5.32 Å². The van der Waals surface area contributed by atoms with Gasteiger partial charge in [-0.15, -0.1) is 0 Å². The van der Waals surface area contributed by atoms with Crippen molar-refractivity contribution in [2.75, 3.05) is 20.8 Å². The molecule has 0 aliphatic heterocycles. The van der Waals surface area contributed by atoms with Crippen molar-refractivity contribution < 1.29 is 9.47 Å². The van der Waals surface area contributed by atoms with Crippen LogP contribution < -0.4 is 5.32 Å². The van der Waals surface area contributed by atoms with Gasteiger partial charge in [0.1, 0.15) is 0 Å². The van der Waals surface area contributed by atoms with Crippen LogP contribution in [0.2, 0.25) is 0 Å². The summed E-state index contributed by atoms with van der Waals surface area (Å²) >= 11 is 0. The minimum absolute atomic E-state index is 0.104. The maximum absolute atomic E-state index is 5.11. The molecule has 0 aromatic carbocycles. The standard InChI is InChI=1S/C10H21NO2/c1-4-9(8-5-6-8)11-7-10(12-2)13-3/h8-11H,4-7H2,1-3H3. The summed E-state index contributed by atoms with van der Waals surface area (Å²) in [5, 5.41) is 3.48. The molecule has 0 saturated heterocycles. The average molecular weight is 187 g/mol. The van der Waals surface area contributed by atoms with Crippen LogP contribution in [0.25, 0.3) is 0 Å². The second-order valence-corrected chi connectivity index (χ2v) is 3.66. The Hall–Kier alpha value is -0.120. The Morgan fingerprint density at radius 3 is 2.31 bits per heavy atom. The van der Waals surface area contributed by atoms with Gasteiger partial charge in [0.05, 0.1) is 0 Å². The van der Waals surface area contributed by atoms with E-state index < -0.39 is 0 Å². The molecule has 0 amide bonds. The third kappa shape index (κ3) is 3.63. The minimum atomic E-state index is -0.104. The fourth-order valence-corrected chi connectivity index (χ4v) is 1.65. The van der Waals surface area contributed by atoms with Crippen LogP contribution in [-0.4, -0.2) is 33.1 Å². The second kappa shape index (κ2) is 5.58. The summed E-state index contributed by atoms with van der Waals surface area (Å²) in [7, 11) is 3.35. The number of hydrogen-bond donors (Lipinski definition) is 1. The van der Waals surface area contributed by atoms with E-state index in [-0.39, 0.29) is 6.29 Å². The highest BCUT2D eigenvalue weighted by molar-refractivity contribution is 4.85. The Balaban J connectivity index is 2.14. The third-order valence-corrected chi connectivity index (χ3v) is 2.70. The van der Waals surface area contributed by atoms with Crippen molar-refractivity contribution >= 4 is 0 Å². The topological polar surface area (TPSA) is 30.5 Å². The van der Waals surface area contributed by atoms with Crippen LogP contribution in [0.4, 0.5) is 0 Å². The molecule has 1 atom stereocenters. The molecule has 1 N–H and O–H groups in total. The van der Waals surface area contributed by atoms with Gasteiger partial charge < -0.3 is 14.8 Å². The molecule has 78 valence electrons. The first-order valence-electron chi connectivity index (χ1n) is 5.10. The molecule has 0 aromatic heterocycles. The van der Waals surface area contributed by atoms with Gasteiger partial charge >= 0.3 is 0 Å². The first-order valence-corrected chi connectivity index (χ1v) is 5.10. The molecular weight excluding hydrogens is 166 g/mol. The predicted molar refractivity (Wildman–Crippen MR) is 52.6 cm³/mol. The smallest absolute Gasteiger partial charge is 0.169 e. The number of methoxy groups -OCH3 is 2. The SMILES string of the molecule is CCC(NCC(OC)OC)C1CC1. The van der Waals surface area contributed by atoms with Crippen LogP contribution in [0.5, 0.6) is 0 Å². The van der Waals surface area contributed by atoms with Crippen molar-refractivity contribution in [3.63, 3.8) is 0 Å². The molecule has 1 rings (SSSR count).